The van der Waals surface area contributed by atoms with Crippen molar-refractivity contribution < 1.29 is 9.90 Å². The van der Waals surface area contributed by atoms with Crippen LogP contribution in [0.4, 0.5) is 0 Å². The number of carboxylic acid groups (broad SMARTS) is 1. The van der Waals surface area contributed by atoms with Crippen molar-refractivity contribution in [3.05, 3.63) is 21.5 Å². The molecule has 0 saturated heterocycles. The number of aromatic nitrogens is 1. The Morgan fingerprint density at radius 2 is 2.47 bits per heavy atom. The highest BCUT2D eigenvalue weighted by Gasteiger charge is 2.07. The molecule has 0 unspecified atom stereocenters. The molecule has 78 valence electrons. The van der Waals surface area contributed by atoms with E-state index >= 15 is 0 Å². The molecule has 0 fully saturated rings. The van der Waals surface area contributed by atoms with Crippen LogP contribution in [0.1, 0.15) is 12.1 Å². The number of carboxylic acids is 1. The molecule has 1 N–H and O–H groups in total. The number of hydrogen-bond donors (Lipinski definition) is 1. The maximum Gasteiger partial charge on any atom is 0.304 e. The summed E-state index contributed by atoms with van der Waals surface area (Å²) in [6.07, 6.45) is 1.68. The topological polar surface area (TPSA) is 74.0 Å². The first-order valence-corrected chi connectivity index (χ1v) is 6.10. The molecule has 0 atom stereocenters. The largest absolute Gasteiger partial charge is 0.481 e. The summed E-state index contributed by atoms with van der Waals surface area (Å²) in [5.41, 5.74) is 0.385. The van der Waals surface area contributed by atoms with Gasteiger partial charge in [-0.3, -0.25) is 4.79 Å². The van der Waals surface area contributed by atoms with Crippen LogP contribution in [-0.4, -0.2) is 21.8 Å². The molecule has 0 saturated carbocycles. The van der Waals surface area contributed by atoms with Crippen LogP contribution in [0.2, 0.25) is 0 Å². The van der Waals surface area contributed by atoms with Crippen LogP contribution in [0.5, 0.6) is 0 Å². The fourth-order valence-electron chi connectivity index (χ4n) is 0.864. The third-order valence-electron chi connectivity index (χ3n) is 1.53. The number of nitriles is 1. The number of halogens is 1. The zero-order valence-electron chi connectivity index (χ0n) is 7.61. The minimum atomic E-state index is -0.813. The van der Waals surface area contributed by atoms with E-state index < -0.39 is 5.97 Å². The van der Waals surface area contributed by atoms with E-state index in [2.05, 4.69) is 4.98 Å². The van der Waals surface area contributed by atoms with Crippen molar-refractivity contribution >= 4 is 40.3 Å². The molecular weight excluding hydrogens is 327 g/mol. The molecule has 0 amide bonds. The van der Waals surface area contributed by atoms with Crippen LogP contribution in [0.25, 0.3) is 0 Å². The average molecular weight is 334 g/mol. The van der Waals surface area contributed by atoms with Gasteiger partial charge in [0, 0.05) is 16.8 Å². The fourth-order valence-corrected chi connectivity index (χ4v) is 2.65. The molecule has 0 aliphatic heterocycles. The molecule has 0 bridgehead atoms. The lowest BCUT2D eigenvalue weighted by Gasteiger charge is -2.03. The molecule has 0 aliphatic rings. The Hall–Kier alpha value is -0.810. The Balaban J connectivity index is 2.70. The number of rotatable bonds is 4. The van der Waals surface area contributed by atoms with Gasteiger partial charge in [0.2, 0.25) is 0 Å². The minimum Gasteiger partial charge on any atom is -0.481 e. The van der Waals surface area contributed by atoms with Crippen LogP contribution in [0.15, 0.2) is 17.2 Å². The third kappa shape index (κ3) is 3.68. The van der Waals surface area contributed by atoms with Gasteiger partial charge in [0.1, 0.15) is 6.07 Å². The van der Waals surface area contributed by atoms with Crippen LogP contribution < -0.4 is 0 Å². The van der Waals surface area contributed by atoms with Gasteiger partial charge in [-0.05, 0) is 28.7 Å². The molecule has 4 nitrogen and oxygen atoms in total. The molecular formula is C9H7IN2O2S. The number of hydrogen-bond acceptors (Lipinski definition) is 4. The van der Waals surface area contributed by atoms with Crippen LogP contribution >= 0.6 is 34.4 Å². The zero-order chi connectivity index (χ0) is 11.3. The molecule has 1 aromatic heterocycles. The predicted octanol–water partition coefficient (Wildman–Crippen LogP) is 2.12. The summed E-state index contributed by atoms with van der Waals surface area (Å²) in [5.74, 6) is -0.313. The molecule has 0 radical (unpaired) electrons. The lowest BCUT2D eigenvalue weighted by molar-refractivity contribution is -0.136. The van der Waals surface area contributed by atoms with Gasteiger partial charge in [0.25, 0.3) is 0 Å². The third-order valence-corrected chi connectivity index (χ3v) is 4.05. The first-order valence-electron chi connectivity index (χ1n) is 4.04. The van der Waals surface area contributed by atoms with Gasteiger partial charge < -0.3 is 5.11 Å². The van der Waals surface area contributed by atoms with Crippen LogP contribution in [0, 0.1) is 14.9 Å². The first-order chi connectivity index (χ1) is 7.15. The second kappa shape index (κ2) is 5.92. The highest BCUT2D eigenvalue weighted by atomic mass is 127. The average Bonchev–Trinajstić information content (AvgIpc) is 2.20. The molecule has 1 heterocycles. The maximum atomic E-state index is 10.3. The minimum absolute atomic E-state index is 0.116. The van der Waals surface area contributed by atoms with E-state index in [1.54, 1.807) is 12.3 Å². The van der Waals surface area contributed by atoms with Crippen LogP contribution in [-0.2, 0) is 4.79 Å². The van der Waals surface area contributed by atoms with E-state index in [0.717, 1.165) is 8.47 Å². The van der Waals surface area contributed by atoms with Gasteiger partial charge in [0.05, 0.1) is 9.99 Å². The van der Waals surface area contributed by atoms with Gasteiger partial charge >= 0.3 is 5.97 Å². The molecule has 1 aromatic rings. The molecule has 1 rings (SSSR count). The number of aliphatic carboxylic acids is 1. The van der Waals surface area contributed by atoms with Crippen LogP contribution in [0.3, 0.4) is 0 Å². The van der Waals surface area contributed by atoms with Crippen molar-refractivity contribution in [2.45, 2.75) is 11.3 Å². The summed E-state index contributed by atoms with van der Waals surface area (Å²) < 4.78 is 0.785. The van der Waals surface area contributed by atoms with Crippen molar-refractivity contribution in [3.8, 4) is 6.07 Å². The van der Waals surface area contributed by atoms with Crippen molar-refractivity contribution in [3.63, 3.8) is 0 Å². The molecule has 6 heteroatoms. The highest BCUT2D eigenvalue weighted by molar-refractivity contribution is 14.1. The van der Waals surface area contributed by atoms with Crippen molar-refractivity contribution in [1.29, 1.82) is 5.26 Å². The molecule has 0 spiro atoms. The Labute approximate surface area is 105 Å². The smallest absolute Gasteiger partial charge is 0.304 e. The van der Waals surface area contributed by atoms with E-state index in [1.807, 2.05) is 28.7 Å². The van der Waals surface area contributed by atoms with Gasteiger partial charge in [-0.1, -0.05) is 0 Å². The second-order valence-electron chi connectivity index (χ2n) is 2.58. The Morgan fingerprint density at radius 1 is 1.73 bits per heavy atom. The van der Waals surface area contributed by atoms with Crippen molar-refractivity contribution in [2.75, 3.05) is 5.75 Å². The van der Waals surface area contributed by atoms with Gasteiger partial charge in [-0.25, -0.2) is 4.98 Å². The van der Waals surface area contributed by atoms with Crippen molar-refractivity contribution in [2.24, 2.45) is 0 Å². The van der Waals surface area contributed by atoms with Crippen molar-refractivity contribution in [1.82, 2.24) is 4.98 Å². The number of nitrogens with zero attached hydrogens (tertiary/aromatic N) is 2. The zero-order valence-corrected chi connectivity index (χ0v) is 10.6. The van der Waals surface area contributed by atoms with E-state index in [9.17, 15) is 4.79 Å². The second-order valence-corrected chi connectivity index (χ2v) is 4.79. The first kappa shape index (κ1) is 12.3. The SMILES string of the molecule is N#Cc1nccc(SCCC(=O)O)c1I. The summed E-state index contributed by atoms with van der Waals surface area (Å²) in [6, 6.07) is 3.77. The highest BCUT2D eigenvalue weighted by Crippen LogP contribution is 2.25. The quantitative estimate of drug-likeness (QED) is 0.674. The molecule has 0 aliphatic carbocycles. The lowest BCUT2D eigenvalue weighted by Crippen LogP contribution is -1.97. The van der Waals surface area contributed by atoms with E-state index in [0.29, 0.717) is 11.4 Å². The Morgan fingerprint density at radius 3 is 3.07 bits per heavy atom. The summed E-state index contributed by atoms with van der Waals surface area (Å²) in [7, 11) is 0. The van der Waals surface area contributed by atoms with E-state index in [4.69, 9.17) is 10.4 Å². The number of pyridine rings is 1. The summed E-state index contributed by atoms with van der Waals surface area (Å²) >= 11 is 3.47. The number of carbonyl (C=O) groups is 1. The maximum absolute atomic E-state index is 10.3. The summed E-state index contributed by atoms with van der Waals surface area (Å²) in [4.78, 5) is 15.1. The standard InChI is InChI=1S/C9H7IN2O2S/c10-9-6(5-11)12-3-1-7(9)15-4-2-8(13)14/h1,3H,2,4H2,(H,13,14). The molecule has 0 aromatic carbocycles. The van der Waals surface area contributed by atoms with Gasteiger partial charge in [-0.2, -0.15) is 5.26 Å². The fraction of sp³-hybridized carbons (Fsp3) is 0.222. The predicted molar refractivity (Wildman–Crippen MR) is 64.6 cm³/mol. The Bertz CT molecular complexity index is 417. The van der Waals surface area contributed by atoms with E-state index in [-0.39, 0.29) is 6.42 Å². The van der Waals surface area contributed by atoms with Gasteiger partial charge in [-0.15, -0.1) is 11.8 Å². The molecule has 15 heavy (non-hydrogen) atoms. The monoisotopic (exact) mass is 334 g/mol. The van der Waals surface area contributed by atoms with E-state index in [1.165, 1.54) is 11.8 Å². The Kier molecular flexibility index (Phi) is 4.84. The summed E-state index contributed by atoms with van der Waals surface area (Å²) in [6.45, 7) is 0. The van der Waals surface area contributed by atoms with Gasteiger partial charge in [0.15, 0.2) is 5.69 Å². The summed E-state index contributed by atoms with van der Waals surface area (Å²) in [5, 5.41) is 17.2. The normalized spacial score (nSPS) is 9.60. The lowest BCUT2D eigenvalue weighted by atomic mass is 10.4. The number of thioether (sulfide) groups is 1.